The zero-order valence-corrected chi connectivity index (χ0v) is 12.0. The fourth-order valence-electron chi connectivity index (χ4n) is 2.39. The van der Waals surface area contributed by atoms with Crippen LogP contribution in [0, 0.1) is 0 Å². The molecule has 6 heteroatoms. The highest BCUT2D eigenvalue weighted by molar-refractivity contribution is 5.29. The predicted octanol–water partition coefficient (Wildman–Crippen LogP) is 0.962. The van der Waals surface area contributed by atoms with E-state index in [1.165, 1.54) is 0 Å². The van der Waals surface area contributed by atoms with E-state index in [1.807, 2.05) is 14.0 Å². The predicted molar refractivity (Wildman–Crippen MR) is 75.5 cm³/mol. The Balaban J connectivity index is 1.77. The Morgan fingerprint density at radius 3 is 2.89 bits per heavy atom. The van der Waals surface area contributed by atoms with Gasteiger partial charge in [-0.25, -0.2) is 0 Å². The third kappa shape index (κ3) is 4.18. The molecule has 0 radical (unpaired) electrons. The van der Waals surface area contributed by atoms with Crippen molar-refractivity contribution in [3.63, 3.8) is 0 Å². The highest BCUT2D eigenvalue weighted by Crippen LogP contribution is 2.16. The van der Waals surface area contributed by atoms with Crippen LogP contribution in [-0.2, 0) is 11.2 Å². The van der Waals surface area contributed by atoms with Gasteiger partial charge in [0.05, 0.1) is 0 Å². The molecule has 0 unspecified atom stereocenters. The maximum atomic E-state index is 5.32. The van der Waals surface area contributed by atoms with Crippen molar-refractivity contribution in [2.75, 3.05) is 38.3 Å². The van der Waals surface area contributed by atoms with Crippen molar-refractivity contribution in [2.45, 2.75) is 38.6 Å². The molecule has 0 aromatic carbocycles. The molecule has 2 N–H and O–H groups in total. The molecule has 1 fully saturated rings. The summed E-state index contributed by atoms with van der Waals surface area (Å²) in [6, 6.07) is 0.640. The van der Waals surface area contributed by atoms with E-state index >= 15 is 0 Å². The van der Waals surface area contributed by atoms with E-state index in [9.17, 15) is 0 Å². The Labute approximate surface area is 114 Å². The molecule has 2 heterocycles. The summed E-state index contributed by atoms with van der Waals surface area (Å²) < 4.78 is 5.32. The van der Waals surface area contributed by atoms with Gasteiger partial charge >= 0.3 is 0 Å². The molecule has 108 valence electrons. The summed E-state index contributed by atoms with van der Waals surface area (Å²) in [5.74, 6) is 1.81. The van der Waals surface area contributed by atoms with Crippen molar-refractivity contribution in [3.8, 4) is 0 Å². The Kier molecular flexibility index (Phi) is 5.60. The van der Waals surface area contributed by atoms with Gasteiger partial charge in [-0.1, -0.05) is 0 Å². The highest BCUT2D eigenvalue weighted by atomic mass is 16.5. The first-order valence-electron chi connectivity index (χ1n) is 7.24. The molecular formula is C13H25N5O. The first-order chi connectivity index (χ1) is 9.33. The van der Waals surface area contributed by atoms with E-state index in [-0.39, 0.29) is 0 Å². The number of nitrogens with zero attached hydrogens (tertiary/aromatic N) is 3. The molecule has 1 aromatic heterocycles. The number of rotatable bonds is 7. The lowest BCUT2D eigenvalue weighted by molar-refractivity contribution is 0.145. The van der Waals surface area contributed by atoms with E-state index in [2.05, 4.69) is 25.4 Å². The molecule has 19 heavy (non-hydrogen) atoms. The van der Waals surface area contributed by atoms with Crippen molar-refractivity contribution < 1.29 is 4.74 Å². The number of anilines is 1. The van der Waals surface area contributed by atoms with E-state index in [0.717, 1.165) is 63.8 Å². The largest absolute Gasteiger partial charge is 0.382 e. The molecule has 0 saturated carbocycles. The molecule has 0 spiro atoms. The number of hydrogen-bond donors (Lipinski definition) is 2. The SMILES string of the molecule is CCOCCCc1nc(N2CCC(NC)CC2)n[nH]1. The van der Waals surface area contributed by atoms with Gasteiger partial charge in [-0.05, 0) is 33.2 Å². The van der Waals surface area contributed by atoms with Gasteiger partial charge in [-0.2, -0.15) is 4.98 Å². The van der Waals surface area contributed by atoms with Gasteiger partial charge in [-0.3, -0.25) is 5.10 Å². The van der Waals surface area contributed by atoms with Crippen LogP contribution in [0.1, 0.15) is 32.0 Å². The Bertz CT molecular complexity index is 360. The van der Waals surface area contributed by atoms with E-state index < -0.39 is 0 Å². The molecule has 0 aliphatic carbocycles. The van der Waals surface area contributed by atoms with Gasteiger partial charge < -0.3 is 15.0 Å². The molecule has 1 aliphatic rings. The number of aromatic nitrogens is 3. The lowest BCUT2D eigenvalue weighted by Gasteiger charge is -2.30. The second kappa shape index (κ2) is 7.45. The number of aryl methyl sites for hydroxylation is 1. The molecule has 1 aromatic rings. The van der Waals surface area contributed by atoms with Gasteiger partial charge in [0.2, 0.25) is 5.95 Å². The Hall–Kier alpha value is -1.14. The third-order valence-corrected chi connectivity index (χ3v) is 3.61. The number of piperidine rings is 1. The van der Waals surface area contributed by atoms with Gasteiger partial charge in [0.25, 0.3) is 0 Å². The van der Waals surface area contributed by atoms with Crippen molar-refractivity contribution in [1.82, 2.24) is 20.5 Å². The molecule has 0 bridgehead atoms. The summed E-state index contributed by atoms with van der Waals surface area (Å²) >= 11 is 0. The number of hydrogen-bond acceptors (Lipinski definition) is 5. The maximum Gasteiger partial charge on any atom is 0.244 e. The maximum absolute atomic E-state index is 5.32. The zero-order chi connectivity index (χ0) is 13.5. The van der Waals surface area contributed by atoms with E-state index in [1.54, 1.807) is 0 Å². The van der Waals surface area contributed by atoms with Crippen LogP contribution in [-0.4, -0.2) is 54.6 Å². The molecule has 1 aliphatic heterocycles. The van der Waals surface area contributed by atoms with Gasteiger partial charge in [0.15, 0.2) is 0 Å². The first kappa shape index (κ1) is 14.3. The second-order valence-corrected chi connectivity index (χ2v) is 4.93. The minimum absolute atomic E-state index is 0.640. The quantitative estimate of drug-likeness (QED) is 0.720. The standard InChI is InChI=1S/C13H25N5O/c1-3-19-10-4-5-12-15-13(17-16-12)18-8-6-11(14-2)7-9-18/h11,14H,3-10H2,1-2H3,(H,15,16,17). The van der Waals surface area contributed by atoms with Crippen LogP contribution in [0.2, 0.25) is 0 Å². The minimum atomic E-state index is 0.640. The van der Waals surface area contributed by atoms with Crippen LogP contribution in [0.3, 0.4) is 0 Å². The Morgan fingerprint density at radius 1 is 1.42 bits per heavy atom. The lowest BCUT2D eigenvalue weighted by atomic mass is 10.1. The van der Waals surface area contributed by atoms with Gasteiger partial charge in [-0.15, -0.1) is 5.10 Å². The fourth-order valence-corrected chi connectivity index (χ4v) is 2.39. The summed E-state index contributed by atoms with van der Waals surface area (Å²) in [5.41, 5.74) is 0. The van der Waals surface area contributed by atoms with Crippen LogP contribution < -0.4 is 10.2 Å². The molecule has 0 atom stereocenters. The molecule has 2 rings (SSSR count). The topological polar surface area (TPSA) is 66.1 Å². The van der Waals surface area contributed by atoms with Crippen molar-refractivity contribution in [3.05, 3.63) is 5.82 Å². The lowest BCUT2D eigenvalue weighted by Crippen LogP contribution is -2.41. The minimum Gasteiger partial charge on any atom is -0.382 e. The van der Waals surface area contributed by atoms with Crippen molar-refractivity contribution in [1.29, 1.82) is 0 Å². The van der Waals surface area contributed by atoms with Crippen molar-refractivity contribution >= 4 is 5.95 Å². The summed E-state index contributed by atoms with van der Waals surface area (Å²) in [6.07, 6.45) is 4.21. The summed E-state index contributed by atoms with van der Waals surface area (Å²) in [7, 11) is 2.03. The number of H-pyrrole nitrogens is 1. The summed E-state index contributed by atoms with van der Waals surface area (Å²) in [6.45, 7) is 5.65. The highest BCUT2D eigenvalue weighted by Gasteiger charge is 2.20. The van der Waals surface area contributed by atoms with Crippen LogP contribution in [0.4, 0.5) is 5.95 Å². The number of nitrogens with one attached hydrogen (secondary N) is 2. The van der Waals surface area contributed by atoms with Crippen LogP contribution in [0.5, 0.6) is 0 Å². The average molecular weight is 267 g/mol. The Morgan fingerprint density at radius 2 is 2.21 bits per heavy atom. The average Bonchev–Trinajstić information content (AvgIpc) is 2.92. The number of ether oxygens (including phenoxy) is 1. The normalized spacial score (nSPS) is 17.1. The fraction of sp³-hybridized carbons (Fsp3) is 0.846. The van der Waals surface area contributed by atoms with Crippen LogP contribution >= 0.6 is 0 Å². The van der Waals surface area contributed by atoms with Gasteiger partial charge in [0, 0.05) is 38.8 Å². The smallest absolute Gasteiger partial charge is 0.244 e. The summed E-state index contributed by atoms with van der Waals surface area (Å²) in [5, 5.41) is 10.7. The van der Waals surface area contributed by atoms with Crippen LogP contribution in [0.25, 0.3) is 0 Å². The number of aromatic amines is 1. The summed E-state index contributed by atoms with van der Waals surface area (Å²) in [4.78, 5) is 6.83. The molecule has 0 amide bonds. The molecule has 1 saturated heterocycles. The zero-order valence-electron chi connectivity index (χ0n) is 12.0. The second-order valence-electron chi connectivity index (χ2n) is 4.93. The first-order valence-corrected chi connectivity index (χ1v) is 7.24. The van der Waals surface area contributed by atoms with Crippen molar-refractivity contribution in [2.24, 2.45) is 0 Å². The monoisotopic (exact) mass is 267 g/mol. The van der Waals surface area contributed by atoms with Crippen LogP contribution in [0.15, 0.2) is 0 Å². The molecular weight excluding hydrogens is 242 g/mol. The van der Waals surface area contributed by atoms with E-state index in [0.29, 0.717) is 6.04 Å². The molecule has 6 nitrogen and oxygen atoms in total. The third-order valence-electron chi connectivity index (χ3n) is 3.61. The van der Waals surface area contributed by atoms with E-state index in [4.69, 9.17) is 4.74 Å². The van der Waals surface area contributed by atoms with Gasteiger partial charge in [0.1, 0.15) is 5.82 Å².